The first kappa shape index (κ1) is 20.1. The number of aryl methyl sites for hydroxylation is 3. The fourth-order valence-electron chi connectivity index (χ4n) is 4.34. The molecule has 8 heteroatoms. The van der Waals surface area contributed by atoms with Crippen molar-refractivity contribution in [2.45, 2.75) is 39.8 Å². The molecule has 1 aromatic carbocycles. The number of fused-ring (bicyclic) bond motifs is 1. The van der Waals surface area contributed by atoms with Gasteiger partial charge in [0, 0.05) is 26.2 Å². The molecule has 158 valence electrons. The summed E-state index contributed by atoms with van der Waals surface area (Å²) in [6, 6.07) is 7.43. The standard InChI is InChI=1S/C22H26N4O4/c1-14-5-4-6-17(11-14)12-25-13-19(27)26-10-9-24(8-7-18(26)21(25)28)22(29)20-15(2)23-30-16(20)3/h4-6,11,18H,7-10,12-13H2,1-3H3. The van der Waals surface area contributed by atoms with Crippen LogP contribution in [-0.2, 0) is 16.1 Å². The number of aromatic nitrogens is 1. The van der Waals surface area contributed by atoms with Gasteiger partial charge < -0.3 is 19.2 Å². The van der Waals surface area contributed by atoms with Crippen LogP contribution in [0.15, 0.2) is 28.8 Å². The highest BCUT2D eigenvalue weighted by Crippen LogP contribution is 2.23. The van der Waals surface area contributed by atoms with Crippen molar-refractivity contribution in [2.24, 2.45) is 0 Å². The van der Waals surface area contributed by atoms with E-state index >= 15 is 0 Å². The van der Waals surface area contributed by atoms with Crippen molar-refractivity contribution in [1.29, 1.82) is 0 Å². The maximum absolute atomic E-state index is 13.2. The molecule has 30 heavy (non-hydrogen) atoms. The number of hydrogen-bond donors (Lipinski definition) is 0. The van der Waals surface area contributed by atoms with E-state index in [9.17, 15) is 14.4 Å². The zero-order valence-electron chi connectivity index (χ0n) is 17.6. The van der Waals surface area contributed by atoms with E-state index in [2.05, 4.69) is 5.16 Å². The van der Waals surface area contributed by atoms with Gasteiger partial charge in [-0.05, 0) is 32.8 Å². The Kier molecular flexibility index (Phi) is 5.32. The van der Waals surface area contributed by atoms with Crippen LogP contribution in [0.25, 0.3) is 0 Å². The van der Waals surface area contributed by atoms with Crippen LogP contribution in [-0.4, -0.2) is 69.8 Å². The minimum atomic E-state index is -0.529. The first-order valence-electron chi connectivity index (χ1n) is 10.2. The normalized spacial score (nSPS) is 19.7. The van der Waals surface area contributed by atoms with Crippen LogP contribution in [0.4, 0.5) is 0 Å². The average molecular weight is 410 g/mol. The molecule has 3 amide bonds. The number of benzene rings is 1. The van der Waals surface area contributed by atoms with E-state index in [0.717, 1.165) is 11.1 Å². The number of hydrogen-bond acceptors (Lipinski definition) is 5. The predicted molar refractivity (Wildman–Crippen MR) is 109 cm³/mol. The molecule has 0 aliphatic carbocycles. The summed E-state index contributed by atoms with van der Waals surface area (Å²) in [5, 5.41) is 3.86. The topological polar surface area (TPSA) is 87.0 Å². The highest BCUT2D eigenvalue weighted by Gasteiger charge is 2.41. The van der Waals surface area contributed by atoms with Crippen LogP contribution >= 0.6 is 0 Å². The fourth-order valence-corrected chi connectivity index (χ4v) is 4.34. The molecule has 0 radical (unpaired) electrons. The summed E-state index contributed by atoms with van der Waals surface area (Å²) in [6.07, 6.45) is 0.421. The third-order valence-electron chi connectivity index (χ3n) is 5.89. The Balaban J connectivity index is 1.49. The van der Waals surface area contributed by atoms with Gasteiger partial charge in [0.05, 0.1) is 5.69 Å². The van der Waals surface area contributed by atoms with E-state index in [4.69, 9.17) is 4.52 Å². The Bertz CT molecular complexity index is 979. The fraction of sp³-hybridized carbons (Fsp3) is 0.455. The zero-order valence-corrected chi connectivity index (χ0v) is 17.6. The molecule has 4 rings (SSSR count). The Morgan fingerprint density at radius 3 is 2.67 bits per heavy atom. The molecule has 2 aromatic rings. The molecule has 0 N–H and O–H groups in total. The molecule has 2 aliphatic rings. The van der Waals surface area contributed by atoms with E-state index < -0.39 is 6.04 Å². The third-order valence-corrected chi connectivity index (χ3v) is 5.89. The lowest BCUT2D eigenvalue weighted by Crippen LogP contribution is -2.59. The highest BCUT2D eigenvalue weighted by atomic mass is 16.5. The predicted octanol–water partition coefficient (Wildman–Crippen LogP) is 1.69. The Morgan fingerprint density at radius 2 is 1.97 bits per heavy atom. The summed E-state index contributed by atoms with van der Waals surface area (Å²) in [7, 11) is 0. The van der Waals surface area contributed by atoms with E-state index in [1.54, 1.807) is 28.5 Å². The molecule has 3 heterocycles. The summed E-state index contributed by atoms with van der Waals surface area (Å²) in [5.74, 6) is 0.195. The third kappa shape index (κ3) is 3.69. The number of carbonyl (C=O) groups excluding carboxylic acids is 3. The maximum atomic E-state index is 13.2. The highest BCUT2D eigenvalue weighted by molar-refractivity contribution is 5.97. The lowest BCUT2D eigenvalue weighted by atomic mass is 10.1. The molecular weight excluding hydrogens is 384 g/mol. The van der Waals surface area contributed by atoms with Gasteiger partial charge in [-0.3, -0.25) is 14.4 Å². The van der Waals surface area contributed by atoms with Crippen LogP contribution in [0.3, 0.4) is 0 Å². The van der Waals surface area contributed by atoms with Gasteiger partial charge in [0.25, 0.3) is 5.91 Å². The second kappa shape index (κ2) is 7.93. The summed E-state index contributed by atoms with van der Waals surface area (Å²) in [4.78, 5) is 43.9. The second-order valence-corrected chi connectivity index (χ2v) is 8.07. The van der Waals surface area contributed by atoms with Gasteiger partial charge in [0.2, 0.25) is 11.8 Å². The first-order chi connectivity index (χ1) is 14.3. The monoisotopic (exact) mass is 410 g/mol. The van der Waals surface area contributed by atoms with Crippen molar-refractivity contribution in [3.63, 3.8) is 0 Å². The molecule has 1 unspecified atom stereocenters. The summed E-state index contributed by atoms with van der Waals surface area (Å²) in [6.45, 7) is 7.08. The number of carbonyl (C=O) groups is 3. The number of rotatable bonds is 3. The molecule has 2 fully saturated rings. The number of amides is 3. The van der Waals surface area contributed by atoms with Crippen molar-refractivity contribution in [2.75, 3.05) is 26.2 Å². The van der Waals surface area contributed by atoms with Crippen molar-refractivity contribution < 1.29 is 18.9 Å². The molecular formula is C22H26N4O4. The van der Waals surface area contributed by atoms with E-state index in [1.807, 2.05) is 31.2 Å². The molecule has 1 aromatic heterocycles. The Labute approximate surface area is 175 Å². The van der Waals surface area contributed by atoms with Crippen molar-refractivity contribution in [3.05, 3.63) is 52.4 Å². The van der Waals surface area contributed by atoms with E-state index in [0.29, 0.717) is 49.6 Å². The van der Waals surface area contributed by atoms with E-state index in [-0.39, 0.29) is 24.3 Å². The minimum absolute atomic E-state index is 0.0530. The SMILES string of the molecule is Cc1cccc(CN2CC(=O)N3CCN(C(=O)c4c(C)noc4C)CCC3C2=O)c1. The summed E-state index contributed by atoms with van der Waals surface area (Å²) >= 11 is 0. The molecule has 0 saturated carbocycles. The van der Waals surface area contributed by atoms with Crippen molar-refractivity contribution in [1.82, 2.24) is 19.9 Å². The minimum Gasteiger partial charge on any atom is -0.361 e. The van der Waals surface area contributed by atoms with Gasteiger partial charge in [-0.15, -0.1) is 0 Å². The number of nitrogens with zero attached hydrogens (tertiary/aromatic N) is 4. The van der Waals surface area contributed by atoms with Gasteiger partial charge in [-0.2, -0.15) is 0 Å². The lowest BCUT2D eigenvalue weighted by Gasteiger charge is -2.39. The van der Waals surface area contributed by atoms with Crippen LogP contribution < -0.4 is 0 Å². The molecule has 0 bridgehead atoms. The van der Waals surface area contributed by atoms with Gasteiger partial charge in [0.15, 0.2) is 0 Å². The maximum Gasteiger partial charge on any atom is 0.259 e. The quantitative estimate of drug-likeness (QED) is 0.769. The number of piperazine rings is 1. The zero-order chi connectivity index (χ0) is 21.4. The average Bonchev–Trinajstić information content (AvgIpc) is 2.91. The molecule has 8 nitrogen and oxygen atoms in total. The smallest absolute Gasteiger partial charge is 0.259 e. The molecule has 2 saturated heterocycles. The largest absolute Gasteiger partial charge is 0.361 e. The lowest BCUT2D eigenvalue weighted by molar-refractivity contribution is -0.156. The van der Waals surface area contributed by atoms with Crippen LogP contribution in [0.5, 0.6) is 0 Å². The Hall–Kier alpha value is -3.16. The van der Waals surface area contributed by atoms with Crippen molar-refractivity contribution in [3.8, 4) is 0 Å². The Morgan fingerprint density at radius 1 is 1.17 bits per heavy atom. The summed E-state index contributed by atoms with van der Waals surface area (Å²) < 4.78 is 5.12. The summed E-state index contributed by atoms with van der Waals surface area (Å²) in [5.41, 5.74) is 3.14. The van der Waals surface area contributed by atoms with Crippen LogP contribution in [0.1, 0.15) is 39.4 Å². The van der Waals surface area contributed by atoms with Gasteiger partial charge in [-0.25, -0.2) is 0 Å². The first-order valence-corrected chi connectivity index (χ1v) is 10.2. The molecule has 2 aliphatic heterocycles. The van der Waals surface area contributed by atoms with Gasteiger partial charge >= 0.3 is 0 Å². The van der Waals surface area contributed by atoms with Gasteiger partial charge in [0.1, 0.15) is 23.9 Å². The van der Waals surface area contributed by atoms with Crippen LogP contribution in [0.2, 0.25) is 0 Å². The van der Waals surface area contributed by atoms with E-state index in [1.165, 1.54) is 0 Å². The second-order valence-electron chi connectivity index (χ2n) is 8.07. The van der Waals surface area contributed by atoms with Crippen molar-refractivity contribution >= 4 is 17.7 Å². The van der Waals surface area contributed by atoms with Crippen LogP contribution in [0, 0.1) is 20.8 Å². The molecule has 1 atom stereocenters. The molecule has 0 spiro atoms. The van der Waals surface area contributed by atoms with Gasteiger partial charge in [-0.1, -0.05) is 35.0 Å².